The number of nitrogens with one attached hydrogen (secondary N) is 1. The van der Waals surface area contributed by atoms with E-state index >= 15 is 0 Å². The summed E-state index contributed by atoms with van der Waals surface area (Å²) in [6.07, 6.45) is 7.54. The third-order valence-electron chi connectivity index (χ3n) is 5.70. The van der Waals surface area contributed by atoms with E-state index in [2.05, 4.69) is 20.4 Å². The van der Waals surface area contributed by atoms with Gasteiger partial charge in [0.15, 0.2) is 5.52 Å². The Morgan fingerprint density at radius 3 is 2.50 bits per heavy atom. The Morgan fingerprint density at radius 2 is 1.88 bits per heavy atom. The van der Waals surface area contributed by atoms with Gasteiger partial charge in [-0.3, -0.25) is 19.3 Å². The highest BCUT2D eigenvalue weighted by molar-refractivity contribution is 6.04. The number of rotatable bonds is 7. The van der Waals surface area contributed by atoms with Gasteiger partial charge in [0.1, 0.15) is 11.3 Å². The lowest BCUT2D eigenvalue weighted by molar-refractivity contribution is 0.0897. The van der Waals surface area contributed by atoms with E-state index in [0.29, 0.717) is 5.56 Å². The molecular formula is C24H25FN6O3. The van der Waals surface area contributed by atoms with Gasteiger partial charge in [0.05, 0.1) is 31.0 Å². The topological polar surface area (TPSA) is 115 Å². The van der Waals surface area contributed by atoms with E-state index in [0.717, 1.165) is 5.56 Å². The third-order valence-corrected chi connectivity index (χ3v) is 5.70. The maximum absolute atomic E-state index is 15.0. The van der Waals surface area contributed by atoms with Crippen LogP contribution in [-0.4, -0.2) is 48.0 Å². The number of aliphatic hydroxyl groups is 1. The van der Waals surface area contributed by atoms with Crippen molar-refractivity contribution in [2.45, 2.75) is 26.4 Å². The molecule has 1 amide bonds. The van der Waals surface area contributed by atoms with Crippen LogP contribution in [0.3, 0.4) is 0 Å². The van der Waals surface area contributed by atoms with Crippen molar-refractivity contribution in [3.05, 3.63) is 76.5 Å². The fourth-order valence-corrected chi connectivity index (χ4v) is 3.67. The predicted octanol–water partition coefficient (Wildman–Crippen LogP) is 2.13. The van der Waals surface area contributed by atoms with Crippen LogP contribution in [0.2, 0.25) is 0 Å². The predicted molar refractivity (Wildman–Crippen MR) is 125 cm³/mol. The zero-order chi connectivity index (χ0) is 24.4. The molecule has 0 spiro atoms. The van der Waals surface area contributed by atoms with Gasteiger partial charge in [0.2, 0.25) is 0 Å². The molecule has 1 atom stereocenters. The van der Waals surface area contributed by atoms with Crippen molar-refractivity contribution in [3.8, 4) is 11.1 Å². The van der Waals surface area contributed by atoms with E-state index in [1.54, 1.807) is 36.3 Å². The molecule has 0 fully saturated rings. The number of carbonyl (C=O) groups is 1. The fourth-order valence-electron chi connectivity index (χ4n) is 3.67. The molecule has 0 aliphatic heterocycles. The molecule has 0 radical (unpaired) electrons. The van der Waals surface area contributed by atoms with Gasteiger partial charge in [-0.25, -0.2) is 9.37 Å². The van der Waals surface area contributed by atoms with Gasteiger partial charge in [-0.1, -0.05) is 26.0 Å². The summed E-state index contributed by atoms with van der Waals surface area (Å²) in [6.45, 7) is 3.41. The molecular weight excluding hydrogens is 439 g/mol. The molecule has 10 heteroatoms. The number of halogens is 1. The van der Waals surface area contributed by atoms with Gasteiger partial charge < -0.3 is 15.0 Å². The fraction of sp³-hybridized carbons (Fsp3) is 0.292. The number of pyridine rings is 1. The van der Waals surface area contributed by atoms with Crippen LogP contribution in [0.5, 0.6) is 0 Å². The first kappa shape index (κ1) is 23.2. The van der Waals surface area contributed by atoms with Crippen LogP contribution < -0.4 is 10.9 Å². The largest absolute Gasteiger partial charge is 0.394 e. The average molecular weight is 465 g/mol. The minimum absolute atomic E-state index is 0.00707. The van der Waals surface area contributed by atoms with Gasteiger partial charge >= 0.3 is 0 Å². The van der Waals surface area contributed by atoms with Crippen LogP contribution in [0.4, 0.5) is 4.39 Å². The summed E-state index contributed by atoms with van der Waals surface area (Å²) in [6, 6.07) is 4.27. The summed E-state index contributed by atoms with van der Waals surface area (Å²) in [5.74, 6) is -0.998. The van der Waals surface area contributed by atoms with E-state index in [1.807, 2.05) is 13.8 Å². The quantitative estimate of drug-likeness (QED) is 0.433. The molecule has 0 aliphatic rings. The second-order valence-electron chi connectivity index (χ2n) is 8.44. The van der Waals surface area contributed by atoms with Crippen LogP contribution >= 0.6 is 0 Å². The molecule has 4 rings (SSSR count). The Bertz CT molecular complexity index is 1410. The number of amides is 1. The molecule has 9 nitrogen and oxygen atoms in total. The van der Waals surface area contributed by atoms with E-state index in [1.165, 1.54) is 29.2 Å². The van der Waals surface area contributed by atoms with Crippen molar-refractivity contribution in [1.29, 1.82) is 0 Å². The molecule has 176 valence electrons. The molecule has 34 heavy (non-hydrogen) atoms. The Labute approximate surface area is 194 Å². The van der Waals surface area contributed by atoms with Gasteiger partial charge in [-0.2, -0.15) is 5.10 Å². The number of nitrogens with zero attached hydrogens (tertiary/aromatic N) is 5. The second kappa shape index (κ2) is 9.52. The Morgan fingerprint density at radius 1 is 1.15 bits per heavy atom. The highest BCUT2D eigenvalue weighted by Crippen LogP contribution is 2.22. The lowest BCUT2D eigenvalue weighted by atomic mass is 10.0. The minimum Gasteiger partial charge on any atom is -0.394 e. The number of fused-ring (bicyclic) bond motifs is 1. The van der Waals surface area contributed by atoms with Crippen molar-refractivity contribution in [2.24, 2.45) is 13.0 Å². The second-order valence-corrected chi connectivity index (χ2v) is 8.44. The number of benzene rings is 1. The summed E-state index contributed by atoms with van der Waals surface area (Å²) in [5, 5.41) is 16.5. The molecule has 1 aromatic carbocycles. The molecule has 0 unspecified atom stereocenters. The Balaban J connectivity index is 1.73. The molecule has 3 aromatic heterocycles. The molecule has 4 aromatic rings. The molecule has 2 N–H and O–H groups in total. The van der Waals surface area contributed by atoms with Crippen LogP contribution in [0, 0.1) is 11.7 Å². The number of aliphatic hydroxyl groups excluding tert-OH is 1. The Kier molecular flexibility index (Phi) is 6.51. The van der Waals surface area contributed by atoms with Gasteiger partial charge in [0.25, 0.3) is 11.5 Å². The average Bonchev–Trinajstić information content (AvgIpc) is 3.26. The SMILES string of the molecule is CC(C)[C@@H](CO)NC(=O)c1cn(Cc2ccc(-c3cnn(C)c3)cc2F)c(=O)c2nccnc12. The van der Waals surface area contributed by atoms with Crippen LogP contribution in [-0.2, 0) is 13.6 Å². The smallest absolute Gasteiger partial charge is 0.279 e. The summed E-state index contributed by atoms with van der Waals surface area (Å²) in [4.78, 5) is 34.4. The van der Waals surface area contributed by atoms with E-state index in [-0.39, 0.29) is 41.2 Å². The highest BCUT2D eigenvalue weighted by Gasteiger charge is 2.21. The first-order valence-electron chi connectivity index (χ1n) is 10.8. The van der Waals surface area contributed by atoms with Crippen molar-refractivity contribution < 1.29 is 14.3 Å². The standard InChI is InChI=1S/C24H25FN6O3/c1-14(2)20(13-32)29-23(33)18-12-31(24(34)22-21(18)26-6-7-27-22)11-16-5-4-15(8-19(16)25)17-9-28-30(3)10-17/h4-10,12,14,20,32H,11,13H2,1-3H3,(H,29,33)/t20-/m1/s1. The lowest BCUT2D eigenvalue weighted by Gasteiger charge is -2.20. The molecule has 3 heterocycles. The Hall–Kier alpha value is -3.92. The first-order chi connectivity index (χ1) is 16.3. The summed E-state index contributed by atoms with van der Waals surface area (Å²) in [5.41, 5.74) is 1.50. The normalized spacial score (nSPS) is 12.3. The number of hydrogen-bond acceptors (Lipinski definition) is 6. The summed E-state index contributed by atoms with van der Waals surface area (Å²) in [7, 11) is 1.78. The van der Waals surface area contributed by atoms with Crippen molar-refractivity contribution >= 4 is 16.9 Å². The molecule has 0 bridgehead atoms. The van der Waals surface area contributed by atoms with Crippen molar-refractivity contribution in [3.63, 3.8) is 0 Å². The third kappa shape index (κ3) is 4.58. The zero-order valence-electron chi connectivity index (χ0n) is 19.1. The zero-order valence-corrected chi connectivity index (χ0v) is 19.1. The van der Waals surface area contributed by atoms with Gasteiger partial charge in [-0.15, -0.1) is 0 Å². The lowest BCUT2D eigenvalue weighted by Crippen LogP contribution is -2.41. The summed E-state index contributed by atoms with van der Waals surface area (Å²) >= 11 is 0. The van der Waals surface area contributed by atoms with Crippen LogP contribution in [0.15, 0.2) is 54.0 Å². The summed E-state index contributed by atoms with van der Waals surface area (Å²) < 4.78 is 17.8. The van der Waals surface area contributed by atoms with E-state index in [4.69, 9.17) is 0 Å². The van der Waals surface area contributed by atoms with Crippen molar-refractivity contribution in [2.75, 3.05) is 6.61 Å². The number of carbonyl (C=O) groups excluding carboxylic acids is 1. The minimum atomic E-state index is -0.501. The number of aryl methyl sites for hydroxylation is 1. The molecule has 0 saturated carbocycles. The van der Waals surface area contributed by atoms with E-state index in [9.17, 15) is 19.1 Å². The van der Waals surface area contributed by atoms with Crippen LogP contribution in [0.1, 0.15) is 29.8 Å². The monoisotopic (exact) mass is 464 g/mol. The molecule has 0 aliphatic carbocycles. The van der Waals surface area contributed by atoms with Crippen molar-refractivity contribution in [1.82, 2.24) is 29.6 Å². The first-order valence-corrected chi connectivity index (χ1v) is 10.8. The van der Waals surface area contributed by atoms with Crippen LogP contribution in [0.25, 0.3) is 22.2 Å². The maximum atomic E-state index is 15.0. The number of hydrogen-bond donors (Lipinski definition) is 2. The van der Waals surface area contributed by atoms with Gasteiger partial charge in [-0.05, 0) is 17.5 Å². The number of aromatic nitrogens is 5. The maximum Gasteiger partial charge on any atom is 0.279 e. The van der Waals surface area contributed by atoms with E-state index < -0.39 is 23.3 Å². The molecule has 0 saturated heterocycles. The highest BCUT2D eigenvalue weighted by atomic mass is 19.1. The van der Waals surface area contributed by atoms with Gasteiger partial charge in [0, 0.05) is 43.0 Å².